The number of hydrogen-bond acceptors (Lipinski definition) is 5. The molecule has 0 aromatic heterocycles. The highest BCUT2D eigenvalue weighted by molar-refractivity contribution is 7.89. The summed E-state index contributed by atoms with van der Waals surface area (Å²) < 4.78 is 27.6. The largest absolute Gasteiger partial charge is 0.336 e. The zero-order valence-corrected chi connectivity index (χ0v) is 18.9. The Morgan fingerprint density at radius 3 is 2.03 bits per heavy atom. The lowest BCUT2D eigenvalue weighted by Gasteiger charge is -2.34. The zero-order chi connectivity index (χ0) is 23.0. The van der Waals surface area contributed by atoms with Gasteiger partial charge in [0.05, 0.1) is 10.6 Å². The molecule has 2 aliphatic rings. The normalized spacial score (nSPS) is 17.8. The average Bonchev–Trinajstić information content (AvgIpc) is 3.13. The molecule has 4 rings (SSSR count). The van der Waals surface area contributed by atoms with E-state index in [4.69, 9.17) is 0 Å². The summed E-state index contributed by atoms with van der Waals surface area (Å²) in [4.78, 5) is 39.7. The van der Waals surface area contributed by atoms with Crippen molar-refractivity contribution < 1.29 is 22.8 Å². The molecule has 2 aromatic carbocycles. The number of rotatable bonds is 4. The van der Waals surface area contributed by atoms with E-state index in [9.17, 15) is 22.8 Å². The average molecular weight is 456 g/mol. The van der Waals surface area contributed by atoms with Crippen LogP contribution in [0.15, 0.2) is 47.4 Å². The monoisotopic (exact) mass is 455 g/mol. The van der Waals surface area contributed by atoms with Crippen LogP contribution >= 0.6 is 0 Å². The van der Waals surface area contributed by atoms with E-state index in [2.05, 4.69) is 0 Å². The predicted octanol–water partition coefficient (Wildman–Crippen LogP) is 2.10. The lowest BCUT2D eigenvalue weighted by Crippen LogP contribution is -2.50. The molecule has 0 aliphatic carbocycles. The highest BCUT2D eigenvalue weighted by atomic mass is 32.2. The van der Waals surface area contributed by atoms with Crippen molar-refractivity contribution in [3.05, 3.63) is 59.2 Å². The molecule has 0 unspecified atom stereocenters. The second-order valence-electron chi connectivity index (χ2n) is 8.13. The minimum Gasteiger partial charge on any atom is -0.336 e. The topological polar surface area (TPSA) is 95.1 Å². The van der Waals surface area contributed by atoms with Gasteiger partial charge < -0.3 is 4.90 Å². The van der Waals surface area contributed by atoms with Crippen molar-refractivity contribution in [3.63, 3.8) is 0 Å². The van der Waals surface area contributed by atoms with E-state index in [-0.39, 0.29) is 56.7 Å². The van der Waals surface area contributed by atoms with E-state index in [0.717, 1.165) is 10.5 Å². The Kier molecular flexibility index (Phi) is 5.87. The van der Waals surface area contributed by atoms with Crippen molar-refractivity contribution >= 4 is 33.4 Å². The summed E-state index contributed by atoms with van der Waals surface area (Å²) in [5, 5.41) is 0. The van der Waals surface area contributed by atoms with Gasteiger partial charge in [-0.15, -0.1) is 0 Å². The maximum Gasteiger partial charge on any atom is 0.253 e. The van der Waals surface area contributed by atoms with Crippen LogP contribution in [-0.2, 0) is 19.6 Å². The number of piperazine rings is 1. The van der Waals surface area contributed by atoms with Gasteiger partial charge in [0.2, 0.25) is 21.8 Å². The molecule has 2 fully saturated rings. The van der Waals surface area contributed by atoms with Crippen molar-refractivity contribution in [1.29, 1.82) is 0 Å². The SMILES string of the molecule is Cc1ccc(C)c(S(=O)(=O)N2CCN(C(=O)c3ccc(N4C(=O)CCC4=O)cc3)CC2)c1. The number of sulfonamides is 1. The van der Waals surface area contributed by atoms with Gasteiger partial charge >= 0.3 is 0 Å². The highest BCUT2D eigenvalue weighted by Gasteiger charge is 2.32. The van der Waals surface area contributed by atoms with Gasteiger partial charge in [-0.05, 0) is 55.3 Å². The van der Waals surface area contributed by atoms with E-state index in [1.54, 1.807) is 48.2 Å². The Hall–Kier alpha value is -3.04. The van der Waals surface area contributed by atoms with E-state index in [0.29, 0.717) is 21.7 Å². The number of nitrogens with zero attached hydrogens (tertiary/aromatic N) is 3. The second kappa shape index (κ2) is 8.48. The third kappa shape index (κ3) is 4.05. The van der Waals surface area contributed by atoms with Gasteiger partial charge in [-0.1, -0.05) is 12.1 Å². The van der Waals surface area contributed by atoms with Crippen LogP contribution in [0.2, 0.25) is 0 Å². The van der Waals surface area contributed by atoms with Crippen molar-refractivity contribution in [3.8, 4) is 0 Å². The fourth-order valence-electron chi connectivity index (χ4n) is 4.06. The minimum absolute atomic E-state index is 0.203. The van der Waals surface area contributed by atoms with Crippen LogP contribution in [0.4, 0.5) is 5.69 Å². The number of aryl methyl sites for hydroxylation is 2. The van der Waals surface area contributed by atoms with E-state index in [1.165, 1.54) is 4.31 Å². The van der Waals surface area contributed by atoms with Crippen LogP contribution in [-0.4, -0.2) is 61.5 Å². The fraction of sp³-hybridized carbons (Fsp3) is 0.348. The van der Waals surface area contributed by atoms with E-state index in [1.807, 2.05) is 13.0 Å². The molecule has 0 N–H and O–H groups in total. The van der Waals surface area contributed by atoms with Gasteiger partial charge in [0.1, 0.15) is 0 Å². The molecule has 2 aromatic rings. The molecule has 0 bridgehead atoms. The molecular formula is C23H25N3O5S. The lowest BCUT2D eigenvalue weighted by atomic mass is 10.1. The van der Waals surface area contributed by atoms with Gasteiger partial charge in [0.25, 0.3) is 5.91 Å². The smallest absolute Gasteiger partial charge is 0.253 e. The highest BCUT2D eigenvalue weighted by Crippen LogP contribution is 2.25. The molecular weight excluding hydrogens is 430 g/mol. The Morgan fingerprint density at radius 2 is 1.44 bits per heavy atom. The molecule has 0 atom stereocenters. The van der Waals surface area contributed by atoms with Crippen LogP contribution in [0.1, 0.15) is 34.3 Å². The van der Waals surface area contributed by atoms with Gasteiger partial charge in [0, 0.05) is 44.6 Å². The van der Waals surface area contributed by atoms with Crippen molar-refractivity contribution in [2.75, 3.05) is 31.1 Å². The molecule has 9 heteroatoms. The molecule has 3 amide bonds. The third-order valence-electron chi connectivity index (χ3n) is 5.91. The second-order valence-corrected chi connectivity index (χ2v) is 10.0. The fourth-order valence-corrected chi connectivity index (χ4v) is 5.79. The first-order valence-electron chi connectivity index (χ1n) is 10.5. The lowest BCUT2D eigenvalue weighted by molar-refractivity contribution is -0.121. The summed E-state index contributed by atoms with van der Waals surface area (Å²) >= 11 is 0. The van der Waals surface area contributed by atoms with Crippen molar-refractivity contribution in [2.24, 2.45) is 0 Å². The van der Waals surface area contributed by atoms with Gasteiger partial charge in [0.15, 0.2) is 0 Å². The maximum absolute atomic E-state index is 13.1. The molecule has 2 aliphatic heterocycles. The number of carbonyl (C=O) groups excluding carboxylic acids is 3. The number of anilines is 1. The summed E-state index contributed by atoms with van der Waals surface area (Å²) in [5.41, 5.74) is 2.46. The van der Waals surface area contributed by atoms with Crippen LogP contribution in [0.25, 0.3) is 0 Å². The molecule has 2 heterocycles. The van der Waals surface area contributed by atoms with Crippen molar-refractivity contribution in [2.45, 2.75) is 31.6 Å². The first kappa shape index (κ1) is 22.2. The first-order chi connectivity index (χ1) is 15.2. The summed E-state index contributed by atoms with van der Waals surface area (Å²) in [5.74, 6) is -0.690. The first-order valence-corrected chi connectivity index (χ1v) is 11.9. The van der Waals surface area contributed by atoms with Crippen LogP contribution in [0.5, 0.6) is 0 Å². The Bertz CT molecular complexity index is 1170. The molecule has 32 heavy (non-hydrogen) atoms. The van der Waals surface area contributed by atoms with E-state index < -0.39 is 10.0 Å². The molecule has 0 spiro atoms. The Morgan fingerprint density at radius 1 is 0.844 bits per heavy atom. The minimum atomic E-state index is -3.63. The predicted molar refractivity (Wildman–Crippen MR) is 119 cm³/mol. The standard InChI is InChI=1S/C23H25N3O5S/c1-16-3-4-17(2)20(15-16)32(30,31)25-13-11-24(12-14-25)23(29)18-5-7-19(8-6-18)26-21(27)9-10-22(26)28/h3-8,15H,9-14H2,1-2H3. The molecule has 2 saturated heterocycles. The number of benzene rings is 2. The summed E-state index contributed by atoms with van der Waals surface area (Å²) in [6.45, 7) is 4.64. The Labute approximate surface area is 187 Å². The Balaban J connectivity index is 1.43. The quantitative estimate of drug-likeness (QED) is 0.658. The molecule has 8 nitrogen and oxygen atoms in total. The van der Waals surface area contributed by atoms with Gasteiger partial charge in [-0.3, -0.25) is 19.3 Å². The maximum atomic E-state index is 13.1. The summed E-state index contributed by atoms with van der Waals surface area (Å²) in [6.07, 6.45) is 0.406. The molecule has 0 saturated carbocycles. The van der Waals surface area contributed by atoms with E-state index >= 15 is 0 Å². The van der Waals surface area contributed by atoms with Crippen LogP contribution < -0.4 is 4.90 Å². The molecule has 0 radical (unpaired) electrons. The summed E-state index contributed by atoms with van der Waals surface area (Å²) in [6, 6.07) is 11.7. The number of amides is 3. The van der Waals surface area contributed by atoms with Crippen LogP contribution in [0.3, 0.4) is 0 Å². The van der Waals surface area contributed by atoms with Crippen molar-refractivity contribution in [1.82, 2.24) is 9.21 Å². The van der Waals surface area contributed by atoms with Gasteiger partial charge in [-0.25, -0.2) is 8.42 Å². The number of carbonyl (C=O) groups is 3. The number of hydrogen-bond donors (Lipinski definition) is 0. The number of imide groups is 1. The third-order valence-corrected chi connectivity index (χ3v) is 7.95. The summed E-state index contributed by atoms with van der Waals surface area (Å²) in [7, 11) is -3.63. The van der Waals surface area contributed by atoms with Gasteiger partial charge in [-0.2, -0.15) is 4.31 Å². The zero-order valence-electron chi connectivity index (χ0n) is 18.1. The molecule has 168 valence electrons. The van der Waals surface area contributed by atoms with Crippen LogP contribution in [0, 0.1) is 13.8 Å².